The molecule has 0 bridgehead atoms. The molecule has 0 aromatic heterocycles. The van der Waals surface area contributed by atoms with Gasteiger partial charge in [0.25, 0.3) is 0 Å². The van der Waals surface area contributed by atoms with E-state index in [1.165, 1.54) is 7.11 Å². The van der Waals surface area contributed by atoms with Crippen LogP contribution < -0.4 is 10.1 Å². The van der Waals surface area contributed by atoms with Crippen LogP contribution in [0.15, 0.2) is 76.4 Å². The number of dihydropyridines is 1. The van der Waals surface area contributed by atoms with Gasteiger partial charge in [-0.25, -0.2) is 4.79 Å². The Morgan fingerprint density at radius 1 is 1.23 bits per heavy atom. The molecule has 1 unspecified atom stereocenters. The van der Waals surface area contributed by atoms with Crippen LogP contribution in [0.1, 0.15) is 6.92 Å². The molecule has 2 aliphatic rings. The Bertz CT molecular complexity index is 1020. The van der Waals surface area contributed by atoms with Gasteiger partial charge in [0.2, 0.25) is 5.76 Å². The predicted octanol–water partition coefficient (Wildman–Crippen LogP) is 3.97. The zero-order chi connectivity index (χ0) is 21.5. The van der Waals surface area contributed by atoms with Crippen molar-refractivity contribution < 1.29 is 23.7 Å². The second-order valence-electron chi connectivity index (χ2n) is 6.49. The molecule has 1 N–H and O–H groups in total. The SMILES string of the molecule is C=C(C)COC(=O)Nc1ccc(OC2=CC=NC3C#CC(OC)=C(OC)C=C23)cc1. The van der Waals surface area contributed by atoms with Crippen molar-refractivity contribution in [2.45, 2.75) is 13.0 Å². The Kier molecular flexibility index (Phi) is 6.60. The molecule has 0 saturated carbocycles. The number of amides is 1. The summed E-state index contributed by atoms with van der Waals surface area (Å²) < 4.78 is 21.7. The minimum absolute atomic E-state index is 0.171. The van der Waals surface area contributed by atoms with Crippen molar-refractivity contribution in [1.82, 2.24) is 0 Å². The van der Waals surface area contributed by atoms with E-state index in [0.29, 0.717) is 28.7 Å². The van der Waals surface area contributed by atoms with Crippen molar-refractivity contribution in [2.24, 2.45) is 4.99 Å². The summed E-state index contributed by atoms with van der Waals surface area (Å²) in [5.74, 6) is 8.10. The van der Waals surface area contributed by atoms with Gasteiger partial charge in [-0.15, -0.1) is 0 Å². The summed E-state index contributed by atoms with van der Waals surface area (Å²) in [7, 11) is 3.09. The van der Waals surface area contributed by atoms with Crippen LogP contribution in [0.2, 0.25) is 0 Å². The molecule has 154 valence electrons. The van der Waals surface area contributed by atoms with Crippen molar-refractivity contribution in [2.75, 3.05) is 26.1 Å². The minimum atomic E-state index is -0.546. The maximum atomic E-state index is 11.7. The van der Waals surface area contributed by atoms with Crippen LogP contribution in [-0.4, -0.2) is 39.2 Å². The summed E-state index contributed by atoms with van der Waals surface area (Å²) >= 11 is 0. The number of nitrogens with one attached hydrogen (secondary N) is 1. The maximum absolute atomic E-state index is 11.7. The molecule has 0 fully saturated rings. The summed E-state index contributed by atoms with van der Waals surface area (Å²) in [6, 6.07) is 6.54. The molecule has 0 spiro atoms. The van der Waals surface area contributed by atoms with Crippen molar-refractivity contribution >= 4 is 18.0 Å². The molecule has 1 aromatic carbocycles. The first-order chi connectivity index (χ1) is 14.5. The zero-order valence-corrected chi connectivity index (χ0v) is 17.0. The number of rotatable bonds is 7. The van der Waals surface area contributed by atoms with Crippen LogP contribution in [0.5, 0.6) is 5.75 Å². The summed E-state index contributed by atoms with van der Waals surface area (Å²) in [5, 5.41) is 2.65. The Morgan fingerprint density at radius 2 is 2.00 bits per heavy atom. The molecule has 1 heterocycles. The first-order valence-electron chi connectivity index (χ1n) is 9.15. The van der Waals surface area contributed by atoms with Gasteiger partial charge in [0.15, 0.2) is 5.76 Å². The fourth-order valence-corrected chi connectivity index (χ4v) is 2.65. The monoisotopic (exact) mass is 406 g/mol. The summed E-state index contributed by atoms with van der Waals surface area (Å²) in [6.07, 6.45) is 4.67. The second-order valence-corrected chi connectivity index (χ2v) is 6.49. The largest absolute Gasteiger partial charge is 0.492 e. The third kappa shape index (κ3) is 5.11. The highest BCUT2D eigenvalue weighted by Gasteiger charge is 2.23. The summed E-state index contributed by atoms with van der Waals surface area (Å²) in [5.41, 5.74) is 2.11. The summed E-state index contributed by atoms with van der Waals surface area (Å²) in [4.78, 5) is 16.1. The van der Waals surface area contributed by atoms with Gasteiger partial charge in [0, 0.05) is 17.5 Å². The first-order valence-corrected chi connectivity index (χ1v) is 9.15. The standard InChI is InChI=1S/C23H22N2O5/c1-15(2)14-29-23(26)25-16-5-7-17(8-6-16)30-20-11-12-24-19-9-10-21(27-3)22(28-4)13-18(19)20/h5-8,11-13,19H,1,14H2,2-4H3,(H,25,26). The predicted molar refractivity (Wildman–Crippen MR) is 114 cm³/mol. The molecule has 3 rings (SSSR count). The lowest BCUT2D eigenvalue weighted by Gasteiger charge is -2.19. The van der Waals surface area contributed by atoms with Crippen LogP contribution in [0.25, 0.3) is 0 Å². The Labute approximate surface area is 175 Å². The normalized spacial score (nSPS) is 16.7. The Balaban J connectivity index is 1.72. The van der Waals surface area contributed by atoms with Gasteiger partial charge in [0.1, 0.15) is 24.2 Å². The van der Waals surface area contributed by atoms with Crippen LogP contribution in [0, 0.1) is 11.8 Å². The molecule has 0 radical (unpaired) electrons. The maximum Gasteiger partial charge on any atom is 0.411 e. The van der Waals surface area contributed by atoms with Crippen molar-refractivity contribution in [1.29, 1.82) is 0 Å². The third-order valence-corrected chi connectivity index (χ3v) is 4.08. The van der Waals surface area contributed by atoms with Gasteiger partial charge in [-0.1, -0.05) is 12.5 Å². The molecule has 7 heteroatoms. The quantitative estimate of drug-likeness (QED) is 0.548. The molecule has 1 aliphatic carbocycles. The average Bonchev–Trinajstić information content (AvgIpc) is 2.93. The van der Waals surface area contributed by atoms with Crippen LogP contribution in [-0.2, 0) is 14.2 Å². The number of anilines is 1. The van der Waals surface area contributed by atoms with E-state index >= 15 is 0 Å². The zero-order valence-electron chi connectivity index (χ0n) is 17.0. The lowest BCUT2D eigenvalue weighted by atomic mass is 10.0. The number of carbonyl (C=O) groups is 1. The highest BCUT2D eigenvalue weighted by molar-refractivity contribution is 5.84. The number of nitrogens with zero attached hydrogens (tertiary/aromatic N) is 1. The van der Waals surface area contributed by atoms with Crippen LogP contribution in [0.3, 0.4) is 0 Å². The smallest absolute Gasteiger partial charge is 0.411 e. The number of benzene rings is 1. The van der Waals surface area contributed by atoms with Gasteiger partial charge in [-0.3, -0.25) is 10.3 Å². The minimum Gasteiger partial charge on any atom is -0.492 e. The number of aliphatic imine (C=N–C) groups is 1. The van der Waals surface area contributed by atoms with E-state index in [-0.39, 0.29) is 12.6 Å². The molecule has 7 nitrogen and oxygen atoms in total. The van der Waals surface area contributed by atoms with E-state index in [2.05, 4.69) is 28.7 Å². The lowest BCUT2D eigenvalue weighted by Crippen LogP contribution is -2.16. The van der Waals surface area contributed by atoms with E-state index in [1.54, 1.807) is 56.7 Å². The van der Waals surface area contributed by atoms with Crippen molar-refractivity contribution in [3.63, 3.8) is 0 Å². The van der Waals surface area contributed by atoms with Gasteiger partial charge >= 0.3 is 6.09 Å². The van der Waals surface area contributed by atoms with E-state index < -0.39 is 6.09 Å². The topological polar surface area (TPSA) is 78.4 Å². The lowest BCUT2D eigenvalue weighted by molar-refractivity contribution is 0.171. The first kappa shape index (κ1) is 20.8. The Hall–Kier alpha value is -3.92. The molecular weight excluding hydrogens is 384 g/mol. The average molecular weight is 406 g/mol. The number of hydrogen-bond acceptors (Lipinski definition) is 6. The second kappa shape index (κ2) is 9.52. The molecule has 30 heavy (non-hydrogen) atoms. The molecule has 1 aromatic rings. The Morgan fingerprint density at radius 3 is 2.67 bits per heavy atom. The van der Waals surface area contributed by atoms with E-state index in [0.717, 1.165) is 11.1 Å². The number of carbonyl (C=O) groups excluding carboxylic acids is 1. The number of fused-ring (bicyclic) bond motifs is 1. The van der Waals surface area contributed by atoms with Crippen LogP contribution in [0.4, 0.5) is 10.5 Å². The van der Waals surface area contributed by atoms with Gasteiger partial charge < -0.3 is 18.9 Å². The molecular formula is C23H22N2O5. The van der Waals surface area contributed by atoms with Gasteiger partial charge in [0.05, 0.1) is 14.2 Å². The van der Waals surface area contributed by atoms with Crippen LogP contribution >= 0.6 is 0 Å². The fourth-order valence-electron chi connectivity index (χ4n) is 2.65. The van der Waals surface area contributed by atoms with E-state index in [4.69, 9.17) is 18.9 Å². The molecule has 1 atom stereocenters. The molecule has 0 saturated heterocycles. The summed E-state index contributed by atoms with van der Waals surface area (Å²) in [6.45, 7) is 5.64. The number of hydrogen-bond donors (Lipinski definition) is 1. The van der Waals surface area contributed by atoms with Crippen molar-refractivity contribution in [3.8, 4) is 17.6 Å². The highest BCUT2D eigenvalue weighted by atomic mass is 16.5. The van der Waals surface area contributed by atoms with Gasteiger partial charge in [-0.05, 0) is 54.8 Å². The highest BCUT2D eigenvalue weighted by Crippen LogP contribution is 2.28. The van der Waals surface area contributed by atoms with Gasteiger partial charge in [-0.2, -0.15) is 0 Å². The number of methoxy groups -OCH3 is 2. The van der Waals surface area contributed by atoms with E-state index in [1.807, 2.05) is 0 Å². The van der Waals surface area contributed by atoms with E-state index in [9.17, 15) is 4.79 Å². The number of allylic oxidation sites excluding steroid dienone is 3. The third-order valence-electron chi connectivity index (χ3n) is 4.08. The van der Waals surface area contributed by atoms with Crippen molar-refractivity contribution in [3.05, 3.63) is 71.4 Å². The fraction of sp³-hybridized carbons (Fsp3) is 0.217. The molecule has 1 aliphatic heterocycles. The molecule has 1 amide bonds. The number of ether oxygens (including phenoxy) is 4.